The van der Waals surface area contributed by atoms with Gasteiger partial charge in [0.05, 0.1) is 14.2 Å². The maximum Gasteiger partial charge on any atom is 0.351 e. The monoisotopic (exact) mass is 237 g/mol. The van der Waals surface area contributed by atoms with Crippen molar-refractivity contribution in [3.63, 3.8) is 0 Å². The van der Waals surface area contributed by atoms with Crippen molar-refractivity contribution >= 4 is 33.1 Å². The highest BCUT2D eigenvalue weighted by molar-refractivity contribution is 7.21. The van der Waals surface area contributed by atoms with Crippen LogP contribution < -0.4 is 10.5 Å². The molecule has 0 saturated heterocycles. The Labute approximate surface area is 96.6 Å². The number of anilines is 1. The molecule has 0 amide bonds. The summed E-state index contributed by atoms with van der Waals surface area (Å²) in [4.78, 5) is 12.0. The van der Waals surface area contributed by atoms with Crippen molar-refractivity contribution < 1.29 is 14.3 Å². The van der Waals surface area contributed by atoms with Gasteiger partial charge < -0.3 is 15.2 Å². The average Bonchev–Trinajstić information content (AvgIpc) is 2.65. The van der Waals surface area contributed by atoms with Crippen LogP contribution in [0.2, 0.25) is 0 Å². The summed E-state index contributed by atoms with van der Waals surface area (Å²) in [6, 6.07) is 5.45. The Kier molecular flexibility index (Phi) is 2.70. The molecule has 0 aliphatic carbocycles. The number of fused-ring (bicyclic) bond motifs is 1. The minimum atomic E-state index is -0.392. The lowest BCUT2D eigenvalue weighted by molar-refractivity contribution is 0.0603. The molecule has 0 bridgehead atoms. The fourth-order valence-corrected chi connectivity index (χ4v) is 2.59. The van der Waals surface area contributed by atoms with Gasteiger partial charge in [-0.1, -0.05) is 0 Å². The summed E-state index contributed by atoms with van der Waals surface area (Å²) in [5.74, 6) is 0.135. The first-order valence-electron chi connectivity index (χ1n) is 4.61. The number of hydrogen-bond donors (Lipinski definition) is 1. The zero-order chi connectivity index (χ0) is 11.7. The van der Waals surface area contributed by atoms with Gasteiger partial charge in [-0.3, -0.25) is 0 Å². The molecule has 2 rings (SSSR count). The van der Waals surface area contributed by atoms with E-state index < -0.39 is 5.97 Å². The van der Waals surface area contributed by atoms with Crippen LogP contribution in [0.3, 0.4) is 0 Å². The van der Waals surface area contributed by atoms with Gasteiger partial charge in [0.2, 0.25) is 0 Å². The molecule has 1 aromatic carbocycles. The zero-order valence-electron chi connectivity index (χ0n) is 8.94. The number of esters is 1. The summed E-state index contributed by atoms with van der Waals surface area (Å²) < 4.78 is 10.9. The van der Waals surface area contributed by atoms with Crippen LogP contribution in [0.5, 0.6) is 5.75 Å². The number of carbonyl (C=O) groups excluding carboxylic acids is 1. The lowest BCUT2D eigenvalue weighted by atomic mass is 10.2. The largest absolute Gasteiger partial charge is 0.494 e. The highest BCUT2D eigenvalue weighted by Crippen LogP contribution is 2.38. The molecular weight excluding hydrogens is 226 g/mol. The van der Waals surface area contributed by atoms with Gasteiger partial charge in [0.15, 0.2) is 10.6 Å². The van der Waals surface area contributed by atoms with E-state index in [-0.39, 0.29) is 0 Å². The molecule has 0 saturated carbocycles. The molecular formula is C11H11NO3S. The Balaban J connectivity index is 2.71. The molecule has 0 radical (unpaired) electrons. The van der Waals surface area contributed by atoms with Crippen LogP contribution in [0.1, 0.15) is 9.67 Å². The SMILES string of the molecule is COC(=O)c1sc2ccc(N)cc2c1OC. The van der Waals surface area contributed by atoms with Crippen LogP contribution in [0.15, 0.2) is 18.2 Å². The van der Waals surface area contributed by atoms with E-state index in [9.17, 15) is 4.79 Å². The van der Waals surface area contributed by atoms with Gasteiger partial charge in [-0.25, -0.2) is 4.79 Å². The first kappa shape index (κ1) is 10.8. The molecule has 2 N–H and O–H groups in total. The third-order valence-electron chi connectivity index (χ3n) is 2.24. The number of rotatable bonds is 2. The van der Waals surface area contributed by atoms with Crippen molar-refractivity contribution in [1.29, 1.82) is 0 Å². The van der Waals surface area contributed by atoms with Crippen LogP contribution in [0.4, 0.5) is 5.69 Å². The molecule has 0 atom stereocenters. The number of hydrogen-bond acceptors (Lipinski definition) is 5. The molecule has 16 heavy (non-hydrogen) atoms. The molecule has 4 nitrogen and oxygen atoms in total. The maximum absolute atomic E-state index is 11.5. The van der Waals surface area contributed by atoms with E-state index in [4.69, 9.17) is 15.2 Å². The van der Waals surface area contributed by atoms with E-state index in [2.05, 4.69) is 0 Å². The van der Waals surface area contributed by atoms with Crippen molar-refractivity contribution in [2.45, 2.75) is 0 Å². The van der Waals surface area contributed by atoms with Gasteiger partial charge in [0, 0.05) is 15.8 Å². The Hall–Kier alpha value is -1.75. The zero-order valence-corrected chi connectivity index (χ0v) is 9.76. The van der Waals surface area contributed by atoms with E-state index in [1.165, 1.54) is 25.6 Å². The molecule has 0 spiro atoms. The van der Waals surface area contributed by atoms with Crippen molar-refractivity contribution in [3.05, 3.63) is 23.1 Å². The molecule has 2 aromatic rings. The van der Waals surface area contributed by atoms with Gasteiger partial charge in [-0.05, 0) is 18.2 Å². The van der Waals surface area contributed by atoms with Gasteiger partial charge >= 0.3 is 5.97 Å². The summed E-state index contributed by atoms with van der Waals surface area (Å²) in [5, 5.41) is 0.841. The van der Waals surface area contributed by atoms with Gasteiger partial charge in [-0.15, -0.1) is 11.3 Å². The second kappa shape index (κ2) is 4.02. The first-order chi connectivity index (χ1) is 7.67. The van der Waals surface area contributed by atoms with Gasteiger partial charge in [-0.2, -0.15) is 0 Å². The third kappa shape index (κ3) is 1.59. The predicted octanol–water partition coefficient (Wildman–Crippen LogP) is 2.28. The molecule has 0 aliphatic rings. The van der Waals surface area contributed by atoms with Crippen LogP contribution in [-0.2, 0) is 4.74 Å². The number of nitrogen functional groups attached to an aromatic ring is 1. The maximum atomic E-state index is 11.5. The fraction of sp³-hybridized carbons (Fsp3) is 0.182. The van der Waals surface area contributed by atoms with E-state index in [1.54, 1.807) is 12.1 Å². The second-order valence-corrected chi connectivity index (χ2v) is 4.26. The second-order valence-electron chi connectivity index (χ2n) is 3.21. The van der Waals surface area contributed by atoms with Crippen LogP contribution in [0.25, 0.3) is 10.1 Å². The Morgan fingerprint density at radius 2 is 2.12 bits per heavy atom. The summed E-state index contributed by atoms with van der Waals surface area (Å²) in [7, 11) is 2.87. The van der Waals surface area contributed by atoms with E-state index >= 15 is 0 Å². The molecule has 0 aliphatic heterocycles. The standard InChI is InChI=1S/C11H11NO3S/c1-14-9-7-5-6(12)3-4-8(7)16-10(9)11(13)15-2/h3-5H,12H2,1-2H3. The van der Waals surface area contributed by atoms with Crippen molar-refractivity contribution in [3.8, 4) is 5.75 Å². The summed E-state index contributed by atoms with van der Waals surface area (Å²) >= 11 is 1.33. The third-order valence-corrected chi connectivity index (χ3v) is 3.37. The van der Waals surface area contributed by atoms with E-state index in [0.29, 0.717) is 16.3 Å². The number of benzene rings is 1. The number of thiophene rings is 1. The Morgan fingerprint density at radius 1 is 1.38 bits per heavy atom. The molecule has 0 unspecified atom stereocenters. The summed E-state index contributed by atoms with van der Waals surface area (Å²) in [6.45, 7) is 0. The van der Waals surface area contributed by atoms with Crippen LogP contribution >= 0.6 is 11.3 Å². The Morgan fingerprint density at radius 3 is 2.75 bits per heavy atom. The number of carbonyl (C=O) groups is 1. The lowest BCUT2D eigenvalue weighted by Crippen LogP contribution is -2.00. The fourth-order valence-electron chi connectivity index (χ4n) is 1.52. The molecule has 84 valence electrons. The quantitative estimate of drug-likeness (QED) is 0.643. The highest BCUT2D eigenvalue weighted by atomic mass is 32.1. The van der Waals surface area contributed by atoms with Crippen LogP contribution in [0, 0.1) is 0 Å². The number of ether oxygens (including phenoxy) is 2. The lowest BCUT2D eigenvalue weighted by Gasteiger charge is -2.01. The van der Waals surface area contributed by atoms with Crippen molar-refractivity contribution in [1.82, 2.24) is 0 Å². The summed E-state index contributed by atoms with van der Waals surface area (Å²) in [6.07, 6.45) is 0. The normalized spacial score (nSPS) is 10.4. The topological polar surface area (TPSA) is 61.5 Å². The van der Waals surface area contributed by atoms with Gasteiger partial charge in [0.1, 0.15) is 0 Å². The average molecular weight is 237 g/mol. The van der Waals surface area contributed by atoms with E-state index in [0.717, 1.165) is 10.1 Å². The number of nitrogens with two attached hydrogens (primary N) is 1. The van der Waals surface area contributed by atoms with E-state index in [1.807, 2.05) is 6.07 Å². The molecule has 0 fully saturated rings. The Bertz CT molecular complexity index is 547. The summed E-state index contributed by atoms with van der Waals surface area (Å²) in [5.41, 5.74) is 6.34. The predicted molar refractivity (Wildman–Crippen MR) is 64.1 cm³/mol. The minimum absolute atomic E-state index is 0.392. The number of methoxy groups -OCH3 is 2. The minimum Gasteiger partial charge on any atom is -0.494 e. The molecule has 1 heterocycles. The van der Waals surface area contributed by atoms with Crippen molar-refractivity contribution in [2.75, 3.05) is 20.0 Å². The smallest absolute Gasteiger partial charge is 0.351 e. The molecule has 1 aromatic heterocycles. The molecule has 5 heteroatoms. The van der Waals surface area contributed by atoms with Crippen LogP contribution in [-0.4, -0.2) is 20.2 Å². The first-order valence-corrected chi connectivity index (χ1v) is 5.43. The van der Waals surface area contributed by atoms with Gasteiger partial charge in [0.25, 0.3) is 0 Å². The van der Waals surface area contributed by atoms with Crippen molar-refractivity contribution in [2.24, 2.45) is 0 Å². The highest BCUT2D eigenvalue weighted by Gasteiger charge is 2.19.